The second-order valence-electron chi connectivity index (χ2n) is 4.02. The van der Waals surface area contributed by atoms with Crippen LogP contribution in [-0.2, 0) is 25.7 Å². The van der Waals surface area contributed by atoms with Crippen LogP contribution < -0.4 is 0 Å². The average Bonchev–Trinajstić information content (AvgIpc) is 2.38. The summed E-state index contributed by atoms with van der Waals surface area (Å²) in [6.07, 6.45) is 0. The number of nitrogens with zero attached hydrogens (tertiary/aromatic N) is 1. The highest BCUT2D eigenvalue weighted by molar-refractivity contribution is 5.85. The maximum atomic E-state index is 11.7. The highest BCUT2D eigenvalue weighted by Gasteiger charge is 2.19. The third-order valence-corrected chi connectivity index (χ3v) is 2.34. The number of benzene rings is 1. The summed E-state index contributed by atoms with van der Waals surface area (Å²) in [7, 11) is 0. The van der Waals surface area contributed by atoms with Crippen molar-refractivity contribution in [3.63, 3.8) is 0 Å². The number of aliphatic carboxylic acids is 2. The summed E-state index contributed by atoms with van der Waals surface area (Å²) in [5.74, 6) is -3.23. The first kappa shape index (κ1) is 15.6. The fraction of sp³-hybridized carbons (Fsp3) is 0.308. The second kappa shape index (κ2) is 7.90. The molecule has 0 radical (unpaired) electrons. The zero-order chi connectivity index (χ0) is 15.0. The van der Waals surface area contributed by atoms with E-state index in [1.807, 2.05) is 30.3 Å². The van der Waals surface area contributed by atoms with Crippen molar-refractivity contribution in [2.75, 3.05) is 19.7 Å². The van der Waals surface area contributed by atoms with Crippen molar-refractivity contribution < 1.29 is 29.3 Å². The van der Waals surface area contributed by atoms with Crippen molar-refractivity contribution in [1.82, 2.24) is 4.90 Å². The normalized spacial score (nSPS) is 10.0. The van der Waals surface area contributed by atoms with Gasteiger partial charge in [0.2, 0.25) is 5.91 Å². The first-order chi connectivity index (χ1) is 9.49. The van der Waals surface area contributed by atoms with E-state index in [9.17, 15) is 14.4 Å². The third kappa shape index (κ3) is 5.96. The fourth-order valence-corrected chi connectivity index (χ4v) is 1.48. The number of carboxylic acids is 2. The van der Waals surface area contributed by atoms with E-state index in [4.69, 9.17) is 14.9 Å². The number of hydrogen-bond donors (Lipinski definition) is 2. The Morgan fingerprint density at radius 2 is 1.55 bits per heavy atom. The Bertz CT molecular complexity index is 457. The molecule has 0 fully saturated rings. The molecule has 7 nitrogen and oxygen atoms in total. The number of rotatable bonds is 8. The van der Waals surface area contributed by atoms with Crippen LogP contribution in [0.1, 0.15) is 5.56 Å². The molecule has 1 rings (SSSR count). The molecule has 1 aromatic rings. The van der Waals surface area contributed by atoms with Crippen molar-refractivity contribution in [1.29, 1.82) is 0 Å². The molecular formula is C13H15NO6. The Morgan fingerprint density at radius 1 is 1.00 bits per heavy atom. The van der Waals surface area contributed by atoms with E-state index in [2.05, 4.69) is 0 Å². The number of carbonyl (C=O) groups excluding carboxylic acids is 1. The van der Waals surface area contributed by atoms with Crippen LogP contribution in [-0.4, -0.2) is 52.7 Å². The van der Waals surface area contributed by atoms with E-state index in [1.54, 1.807) is 0 Å². The van der Waals surface area contributed by atoms with Crippen LogP contribution >= 0.6 is 0 Å². The first-order valence-corrected chi connectivity index (χ1v) is 5.82. The van der Waals surface area contributed by atoms with Gasteiger partial charge in [0.1, 0.15) is 19.7 Å². The lowest BCUT2D eigenvalue weighted by atomic mass is 10.2. The van der Waals surface area contributed by atoms with Crippen LogP contribution in [0.15, 0.2) is 30.3 Å². The summed E-state index contributed by atoms with van der Waals surface area (Å²) in [6, 6.07) is 9.12. The number of amides is 1. The lowest BCUT2D eigenvalue weighted by Gasteiger charge is -2.18. The molecule has 0 aliphatic rings. The van der Waals surface area contributed by atoms with Gasteiger partial charge in [-0.1, -0.05) is 30.3 Å². The van der Waals surface area contributed by atoms with Gasteiger partial charge in [-0.2, -0.15) is 0 Å². The molecule has 0 unspecified atom stereocenters. The van der Waals surface area contributed by atoms with Crippen molar-refractivity contribution in [2.24, 2.45) is 0 Å². The van der Waals surface area contributed by atoms with Gasteiger partial charge in [-0.3, -0.25) is 14.4 Å². The van der Waals surface area contributed by atoms with E-state index >= 15 is 0 Å². The van der Waals surface area contributed by atoms with Crippen molar-refractivity contribution in [3.8, 4) is 0 Å². The van der Waals surface area contributed by atoms with Crippen LogP contribution in [0.3, 0.4) is 0 Å². The molecule has 2 N–H and O–H groups in total. The standard InChI is InChI=1S/C13H15NO6/c15-11(14(6-12(16)17)7-13(18)19)9-20-8-10-4-2-1-3-5-10/h1-5H,6-9H2,(H,16,17)(H,18,19). The van der Waals surface area contributed by atoms with Crippen LogP contribution in [0.2, 0.25) is 0 Å². The molecule has 0 atom stereocenters. The molecule has 0 spiro atoms. The van der Waals surface area contributed by atoms with Gasteiger partial charge < -0.3 is 19.8 Å². The molecule has 108 valence electrons. The van der Waals surface area contributed by atoms with Crippen LogP contribution in [0.5, 0.6) is 0 Å². The third-order valence-electron chi connectivity index (χ3n) is 2.34. The first-order valence-electron chi connectivity index (χ1n) is 5.82. The molecule has 0 bridgehead atoms. The van der Waals surface area contributed by atoms with Gasteiger partial charge in [-0.25, -0.2) is 0 Å². The van der Waals surface area contributed by atoms with Gasteiger partial charge in [-0.15, -0.1) is 0 Å². The molecule has 0 aliphatic carbocycles. The summed E-state index contributed by atoms with van der Waals surface area (Å²) in [5, 5.41) is 17.2. The highest BCUT2D eigenvalue weighted by Crippen LogP contribution is 2.01. The zero-order valence-corrected chi connectivity index (χ0v) is 10.7. The average molecular weight is 281 g/mol. The molecular weight excluding hydrogens is 266 g/mol. The fourth-order valence-electron chi connectivity index (χ4n) is 1.48. The Morgan fingerprint density at radius 3 is 2.05 bits per heavy atom. The van der Waals surface area contributed by atoms with Crippen LogP contribution in [0, 0.1) is 0 Å². The van der Waals surface area contributed by atoms with Gasteiger partial charge >= 0.3 is 11.9 Å². The zero-order valence-electron chi connectivity index (χ0n) is 10.7. The van der Waals surface area contributed by atoms with E-state index in [0.717, 1.165) is 10.5 Å². The van der Waals surface area contributed by atoms with Crippen molar-refractivity contribution in [3.05, 3.63) is 35.9 Å². The molecule has 0 saturated carbocycles. The van der Waals surface area contributed by atoms with Crippen LogP contribution in [0.4, 0.5) is 0 Å². The summed E-state index contributed by atoms with van der Waals surface area (Å²) < 4.78 is 5.15. The minimum Gasteiger partial charge on any atom is -0.480 e. The molecule has 0 aromatic heterocycles. The molecule has 20 heavy (non-hydrogen) atoms. The van der Waals surface area contributed by atoms with E-state index < -0.39 is 30.9 Å². The Kier molecular flexibility index (Phi) is 6.18. The molecule has 0 aliphatic heterocycles. The molecule has 0 heterocycles. The quantitative estimate of drug-likeness (QED) is 0.705. The SMILES string of the molecule is O=C(O)CN(CC(=O)O)C(=O)COCc1ccccc1. The van der Waals surface area contributed by atoms with E-state index in [-0.39, 0.29) is 13.2 Å². The largest absolute Gasteiger partial charge is 0.480 e. The number of carboxylic acid groups (broad SMARTS) is 2. The summed E-state index contributed by atoms with van der Waals surface area (Å²) >= 11 is 0. The smallest absolute Gasteiger partial charge is 0.323 e. The second-order valence-corrected chi connectivity index (χ2v) is 4.02. The maximum absolute atomic E-state index is 11.7. The number of carbonyl (C=O) groups is 3. The van der Waals surface area contributed by atoms with Crippen molar-refractivity contribution >= 4 is 17.8 Å². The van der Waals surface area contributed by atoms with Gasteiger partial charge in [-0.05, 0) is 5.56 Å². The number of hydrogen-bond acceptors (Lipinski definition) is 4. The molecule has 1 aromatic carbocycles. The summed E-state index contributed by atoms with van der Waals surface area (Å²) in [6.45, 7) is -1.50. The summed E-state index contributed by atoms with van der Waals surface area (Å²) in [4.78, 5) is 33.5. The van der Waals surface area contributed by atoms with Gasteiger partial charge in [0.05, 0.1) is 6.61 Å². The van der Waals surface area contributed by atoms with Crippen LogP contribution in [0.25, 0.3) is 0 Å². The number of ether oxygens (including phenoxy) is 1. The lowest BCUT2D eigenvalue weighted by Crippen LogP contribution is -2.41. The van der Waals surface area contributed by atoms with Gasteiger partial charge in [0.25, 0.3) is 0 Å². The maximum Gasteiger partial charge on any atom is 0.323 e. The van der Waals surface area contributed by atoms with E-state index in [1.165, 1.54) is 0 Å². The highest BCUT2D eigenvalue weighted by atomic mass is 16.5. The molecule has 0 saturated heterocycles. The van der Waals surface area contributed by atoms with Gasteiger partial charge in [0.15, 0.2) is 0 Å². The Balaban J connectivity index is 2.45. The molecule has 1 amide bonds. The van der Waals surface area contributed by atoms with Gasteiger partial charge in [0, 0.05) is 0 Å². The Hall–Kier alpha value is -2.41. The minimum atomic E-state index is -1.28. The predicted octanol–water partition coefficient (Wildman–Crippen LogP) is 0.201. The van der Waals surface area contributed by atoms with E-state index in [0.29, 0.717) is 0 Å². The topological polar surface area (TPSA) is 104 Å². The van der Waals surface area contributed by atoms with Crippen molar-refractivity contribution in [2.45, 2.75) is 6.61 Å². The molecule has 7 heteroatoms. The Labute approximate surface area is 115 Å². The summed E-state index contributed by atoms with van der Waals surface area (Å²) in [5.41, 5.74) is 0.864. The monoisotopic (exact) mass is 281 g/mol. The lowest BCUT2D eigenvalue weighted by molar-refractivity contribution is -0.151. The predicted molar refractivity (Wildman–Crippen MR) is 67.9 cm³/mol. The minimum absolute atomic E-state index is 0.195.